The fraction of sp³-hybridized carbons (Fsp3) is 0.833. The van der Waals surface area contributed by atoms with Crippen LogP contribution < -0.4 is 5.84 Å². The lowest BCUT2D eigenvalue weighted by Crippen LogP contribution is -2.16. The van der Waals surface area contributed by atoms with E-state index in [1.165, 1.54) is 0 Å². The number of hydrogen-bond donors (Lipinski definition) is 1. The van der Waals surface area contributed by atoms with E-state index in [-0.39, 0.29) is 5.60 Å². The van der Waals surface area contributed by atoms with Crippen LogP contribution >= 0.6 is 0 Å². The molecule has 3 nitrogen and oxygen atoms in total. The van der Waals surface area contributed by atoms with Crippen molar-refractivity contribution in [2.24, 2.45) is 10.9 Å². The molecule has 1 aliphatic heterocycles. The van der Waals surface area contributed by atoms with Crippen molar-refractivity contribution < 1.29 is 4.74 Å². The Kier molecular flexibility index (Phi) is 1.45. The van der Waals surface area contributed by atoms with Crippen molar-refractivity contribution in [3.63, 3.8) is 0 Å². The maximum Gasteiger partial charge on any atom is 0.0874 e. The number of hydrazone groups is 1. The molecule has 0 bridgehead atoms. The predicted octanol–water partition coefficient (Wildman–Crippen LogP) is 0.500. The van der Waals surface area contributed by atoms with E-state index in [0.717, 1.165) is 12.1 Å². The van der Waals surface area contributed by atoms with Crippen molar-refractivity contribution in [3.8, 4) is 0 Å². The smallest absolute Gasteiger partial charge is 0.0874 e. The van der Waals surface area contributed by atoms with E-state index in [2.05, 4.69) is 5.10 Å². The Morgan fingerprint density at radius 2 is 2.33 bits per heavy atom. The van der Waals surface area contributed by atoms with Gasteiger partial charge in [0.15, 0.2) is 0 Å². The highest BCUT2D eigenvalue weighted by Gasteiger charge is 2.28. The fourth-order valence-electron chi connectivity index (χ4n) is 0.955. The molecule has 0 aromatic carbocycles. The molecule has 0 atom stereocenters. The third-order valence-corrected chi connectivity index (χ3v) is 1.44. The highest BCUT2D eigenvalue weighted by Crippen LogP contribution is 2.21. The van der Waals surface area contributed by atoms with Gasteiger partial charge in [0.1, 0.15) is 0 Å². The molecule has 1 fully saturated rings. The van der Waals surface area contributed by atoms with Gasteiger partial charge in [-0.15, -0.1) is 0 Å². The van der Waals surface area contributed by atoms with Gasteiger partial charge in [0.25, 0.3) is 0 Å². The summed E-state index contributed by atoms with van der Waals surface area (Å²) in [4.78, 5) is 0. The topological polar surface area (TPSA) is 47.6 Å². The molecule has 0 unspecified atom stereocenters. The van der Waals surface area contributed by atoms with Crippen LogP contribution in [0, 0.1) is 0 Å². The molecule has 0 radical (unpaired) electrons. The molecule has 1 saturated heterocycles. The quantitative estimate of drug-likeness (QED) is 0.381. The number of rotatable bonds is 0. The average Bonchev–Trinajstić information content (AvgIpc) is 2.10. The summed E-state index contributed by atoms with van der Waals surface area (Å²) >= 11 is 0. The lowest BCUT2D eigenvalue weighted by molar-refractivity contribution is 0.0385. The largest absolute Gasteiger partial charge is 0.369 e. The van der Waals surface area contributed by atoms with Crippen molar-refractivity contribution in [2.45, 2.75) is 25.9 Å². The molecule has 1 rings (SSSR count). The first-order chi connectivity index (χ1) is 4.14. The summed E-state index contributed by atoms with van der Waals surface area (Å²) < 4.78 is 5.33. The van der Waals surface area contributed by atoms with E-state index in [4.69, 9.17) is 10.6 Å². The maximum atomic E-state index is 5.33. The summed E-state index contributed by atoms with van der Waals surface area (Å²) in [5.74, 6) is 5.06. The van der Waals surface area contributed by atoms with Gasteiger partial charge in [0, 0.05) is 6.42 Å². The second kappa shape index (κ2) is 1.99. The zero-order valence-corrected chi connectivity index (χ0v) is 5.85. The van der Waals surface area contributed by atoms with Gasteiger partial charge in [-0.2, -0.15) is 5.10 Å². The SMILES string of the molecule is CC1(C)C/C(=N\N)CO1. The predicted molar refractivity (Wildman–Crippen MR) is 36.3 cm³/mol. The second-order valence-electron chi connectivity index (χ2n) is 2.92. The lowest BCUT2D eigenvalue weighted by atomic mass is 10.1. The minimum atomic E-state index is -0.0434. The van der Waals surface area contributed by atoms with Crippen LogP contribution in [0.15, 0.2) is 5.10 Å². The fourth-order valence-corrected chi connectivity index (χ4v) is 0.955. The molecule has 0 spiro atoms. The van der Waals surface area contributed by atoms with Gasteiger partial charge in [-0.25, -0.2) is 0 Å². The van der Waals surface area contributed by atoms with E-state index in [9.17, 15) is 0 Å². The van der Waals surface area contributed by atoms with Gasteiger partial charge < -0.3 is 10.6 Å². The molecular weight excluding hydrogens is 116 g/mol. The minimum absolute atomic E-state index is 0.0434. The van der Waals surface area contributed by atoms with Gasteiger partial charge in [-0.3, -0.25) is 0 Å². The summed E-state index contributed by atoms with van der Waals surface area (Å²) in [6.45, 7) is 4.67. The summed E-state index contributed by atoms with van der Waals surface area (Å²) in [7, 11) is 0. The van der Waals surface area contributed by atoms with Crippen LogP contribution in [0.5, 0.6) is 0 Å². The Balaban J connectivity index is 2.57. The Hall–Kier alpha value is -0.570. The molecule has 52 valence electrons. The first kappa shape index (κ1) is 6.55. The van der Waals surface area contributed by atoms with Crippen LogP contribution in [0.1, 0.15) is 20.3 Å². The number of hydrogen-bond acceptors (Lipinski definition) is 3. The number of ether oxygens (including phenoxy) is 1. The minimum Gasteiger partial charge on any atom is -0.369 e. The molecule has 0 aromatic rings. The Morgan fingerprint density at radius 3 is 2.56 bits per heavy atom. The Bertz CT molecular complexity index is 140. The molecule has 9 heavy (non-hydrogen) atoms. The van der Waals surface area contributed by atoms with E-state index in [0.29, 0.717) is 6.61 Å². The third-order valence-electron chi connectivity index (χ3n) is 1.44. The van der Waals surface area contributed by atoms with Crippen molar-refractivity contribution >= 4 is 5.71 Å². The van der Waals surface area contributed by atoms with Crippen LogP contribution in [0.25, 0.3) is 0 Å². The van der Waals surface area contributed by atoms with Gasteiger partial charge in [0.2, 0.25) is 0 Å². The molecule has 2 N–H and O–H groups in total. The van der Waals surface area contributed by atoms with Crippen molar-refractivity contribution in [3.05, 3.63) is 0 Å². The van der Waals surface area contributed by atoms with E-state index in [1.807, 2.05) is 13.8 Å². The first-order valence-corrected chi connectivity index (χ1v) is 3.04. The average molecular weight is 128 g/mol. The van der Waals surface area contributed by atoms with Gasteiger partial charge in [-0.1, -0.05) is 0 Å². The molecule has 0 aromatic heterocycles. The van der Waals surface area contributed by atoms with Crippen LogP contribution in [0.3, 0.4) is 0 Å². The van der Waals surface area contributed by atoms with E-state index in [1.54, 1.807) is 0 Å². The molecule has 0 amide bonds. The Labute approximate surface area is 54.9 Å². The number of nitrogens with two attached hydrogens (primary N) is 1. The van der Waals surface area contributed by atoms with Gasteiger partial charge in [-0.05, 0) is 13.8 Å². The van der Waals surface area contributed by atoms with E-state index < -0.39 is 0 Å². The van der Waals surface area contributed by atoms with E-state index >= 15 is 0 Å². The lowest BCUT2D eigenvalue weighted by Gasteiger charge is -2.13. The summed E-state index contributed by atoms with van der Waals surface area (Å²) in [5, 5.41) is 3.57. The maximum absolute atomic E-state index is 5.33. The molecule has 1 aliphatic rings. The van der Waals surface area contributed by atoms with Crippen molar-refractivity contribution in [1.82, 2.24) is 0 Å². The normalized spacial score (nSPS) is 29.3. The van der Waals surface area contributed by atoms with Crippen LogP contribution in [-0.2, 0) is 4.74 Å². The van der Waals surface area contributed by atoms with Crippen molar-refractivity contribution in [2.75, 3.05) is 6.61 Å². The van der Waals surface area contributed by atoms with Crippen molar-refractivity contribution in [1.29, 1.82) is 0 Å². The Morgan fingerprint density at radius 1 is 1.67 bits per heavy atom. The standard InChI is InChI=1S/C6H12N2O/c1-6(2)3-5(8-7)4-9-6/h3-4,7H2,1-2H3/b8-5+. The van der Waals surface area contributed by atoms with Crippen LogP contribution in [0.2, 0.25) is 0 Å². The van der Waals surface area contributed by atoms with Crippen LogP contribution in [0.4, 0.5) is 0 Å². The summed E-state index contributed by atoms with van der Waals surface area (Å²) in [6.07, 6.45) is 0.865. The molecular formula is C6H12N2O. The molecule has 0 saturated carbocycles. The van der Waals surface area contributed by atoms with Gasteiger partial charge >= 0.3 is 0 Å². The summed E-state index contributed by atoms with van der Waals surface area (Å²) in [5.41, 5.74) is 0.915. The summed E-state index contributed by atoms with van der Waals surface area (Å²) in [6, 6.07) is 0. The van der Waals surface area contributed by atoms with Crippen LogP contribution in [-0.4, -0.2) is 17.9 Å². The molecule has 1 heterocycles. The zero-order chi connectivity index (χ0) is 6.91. The highest BCUT2D eigenvalue weighted by molar-refractivity contribution is 5.87. The second-order valence-corrected chi connectivity index (χ2v) is 2.92. The first-order valence-electron chi connectivity index (χ1n) is 3.04. The highest BCUT2D eigenvalue weighted by atomic mass is 16.5. The molecule has 3 heteroatoms. The zero-order valence-electron chi connectivity index (χ0n) is 5.85. The third kappa shape index (κ3) is 1.42. The monoisotopic (exact) mass is 128 g/mol. The molecule has 0 aliphatic carbocycles. The van der Waals surface area contributed by atoms with Gasteiger partial charge in [0.05, 0.1) is 17.9 Å². The number of nitrogens with zero attached hydrogens (tertiary/aromatic N) is 1.